The van der Waals surface area contributed by atoms with E-state index in [2.05, 4.69) is 15.6 Å². The van der Waals surface area contributed by atoms with E-state index in [1.807, 2.05) is 0 Å². The molecule has 3 aromatic rings. The van der Waals surface area contributed by atoms with Crippen LogP contribution in [0.5, 0.6) is 0 Å². The van der Waals surface area contributed by atoms with Crippen molar-refractivity contribution in [1.29, 1.82) is 0 Å². The minimum atomic E-state index is -0.762. The van der Waals surface area contributed by atoms with Gasteiger partial charge in [0.2, 0.25) is 0 Å². The van der Waals surface area contributed by atoms with Crippen LogP contribution in [0.4, 0.5) is 25.0 Å². The first kappa shape index (κ1) is 13.8. The number of anilines is 2. The van der Waals surface area contributed by atoms with Crippen molar-refractivity contribution >= 4 is 28.5 Å². The Balaban J connectivity index is 1.77. The second-order valence-corrected chi connectivity index (χ2v) is 4.43. The van der Waals surface area contributed by atoms with Crippen molar-refractivity contribution in [3.8, 4) is 0 Å². The number of oxazole rings is 1. The Bertz CT molecular complexity index is 917. The number of fused-ring (bicyclic) bond motifs is 1. The SMILES string of the molecule is O=C(Nc1ccc2[nH]c(=O)oc2c1)Nc1cc(F)ccc1F. The van der Waals surface area contributed by atoms with Crippen molar-refractivity contribution in [2.75, 3.05) is 10.6 Å². The third-order valence-electron chi connectivity index (χ3n) is 2.86. The van der Waals surface area contributed by atoms with Crippen LogP contribution < -0.4 is 16.4 Å². The fraction of sp³-hybridized carbons (Fsp3) is 0. The number of carbonyl (C=O) groups excluding carboxylic acids is 1. The van der Waals surface area contributed by atoms with Crippen LogP contribution in [0.1, 0.15) is 0 Å². The molecule has 0 atom stereocenters. The largest absolute Gasteiger partial charge is 0.417 e. The molecule has 2 aromatic carbocycles. The molecule has 0 fully saturated rings. The van der Waals surface area contributed by atoms with Crippen LogP contribution in [-0.4, -0.2) is 11.0 Å². The van der Waals surface area contributed by atoms with Crippen LogP contribution in [0.25, 0.3) is 11.1 Å². The minimum Gasteiger partial charge on any atom is -0.408 e. The number of H-pyrrole nitrogens is 1. The summed E-state index contributed by atoms with van der Waals surface area (Å²) in [6.45, 7) is 0. The van der Waals surface area contributed by atoms with Crippen molar-refractivity contribution < 1.29 is 18.0 Å². The highest BCUT2D eigenvalue weighted by atomic mass is 19.1. The first-order valence-electron chi connectivity index (χ1n) is 6.17. The third kappa shape index (κ3) is 2.80. The van der Waals surface area contributed by atoms with Gasteiger partial charge < -0.3 is 15.1 Å². The molecule has 0 radical (unpaired) electrons. The molecule has 0 spiro atoms. The van der Waals surface area contributed by atoms with E-state index in [1.165, 1.54) is 12.1 Å². The summed E-state index contributed by atoms with van der Waals surface area (Å²) in [4.78, 5) is 25.3. The average molecular weight is 305 g/mol. The summed E-state index contributed by atoms with van der Waals surface area (Å²) < 4.78 is 31.3. The van der Waals surface area contributed by atoms with Gasteiger partial charge in [0.15, 0.2) is 5.58 Å². The molecule has 0 aliphatic carbocycles. The summed E-state index contributed by atoms with van der Waals surface area (Å²) in [7, 11) is 0. The van der Waals surface area contributed by atoms with Gasteiger partial charge in [-0.05, 0) is 24.3 Å². The molecule has 0 aliphatic heterocycles. The van der Waals surface area contributed by atoms with Gasteiger partial charge in [-0.25, -0.2) is 18.4 Å². The molecule has 22 heavy (non-hydrogen) atoms. The second kappa shape index (κ2) is 5.32. The molecule has 1 aromatic heterocycles. The van der Waals surface area contributed by atoms with Gasteiger partial charge in [-0.1, -0.05) is 0 Å². The number of hydrogen-bond acceptors (Lipinski definition) is 3. The van der Waals surface area contributed by atoms with Gasteiger partial charge in [0.1, 0.15) is 11.6 Å². The lowest BCUT2D eigenvalue weighted by atomic mass is 10.3. The number of hydrogen-bond donors (Lipinski definition) is 3. The van der Waals surface area contributed by atoms with E-state index in [9.17, 15) is 18.4 Å². The van der Waals surface area contributed by atoms with Crippen molar-refractivity contribution in [1.82, 2.24) is 4.98 Å². The Hall–Kier alpha value is -3.16. The summed E-state index contributed by atoms with van der Waals surface area (Å²) in [6.07, 6.45) is 0. The molecule has 3 rings (SSSR count). The van der Waals surface area contributed by atoms with Crippen molar-refractivity contribution in [3.63, 3.8) is 0 Å². The number of benzene rings is 2. The van der Waals surface area contributed by atoms with Crippen molar-refractivity contribution in [3.05, 3.63) is 58.6 Å². The monoisotopic (exact) mass is 305 g/mol. The highest BCUT2D eigenvalue weighted by Crippen LogP contribution is 2.18. The van der Waals surface area contributed by atoms with E-state index in [0.717, 1.165) is 18.2 Å². The summed E-state index contributed by atoms with van der Waals surface area (Å²) in [5, 5.41) is 4.61. The van der Waals surface area contributed by atoms with Crippen LogP contribution in [0.2, 0.25) is 0 Å². The molecule has 0 saturated heterocycles. The van der Waals surface area contributed by atoms with Crippen molar-refractivity contribution in [2.24, 2.45) is 0 Å². The van der Waals surface area contributed by atoms with Gasteiger partial charge in [-0.3, -0.25) is 4.98 Å². The van der Waals surface area contributed by atoms with Gasteiger partial charge in [0.25, 0.3) is 0 Å². The fourth-order valence-corrected chi connectivity index (χ4v) is 1.90. The lowest BCUT2D eigenvalue weighted by Crippen LogP contribution is -2.20. The molecular weight excluding hydrogens is 296 g/mol. The Kier molecular flexibility index (Phi) is 3.34. The van der Waals surface area contributed by atoms with Gasteiger partial charge in [-0.15, -0.1) is 0 Å². The zero-order valence-corrected chi connectivity index (χ0v) is 10.9. The van der Waals surface area contributed by atoms with E-state index in [4.69, 9.17) is 4.42 Å². The maximum Gasteiger partial charge on any atom is 0.417 e. The normalized spacial score (nSPS) is 10.6. The number of nitrogens with one attached hydrogen (secondary N) is 3. The molecule has 3 N–H and O–H groups in total. The average Bonchev–Trinajstić information content (AvgIpc) is 2.82. The molecule has 2 amide bonds. The molecule has 0 unspecified atom stereocenters. The lowest BCUT2D eigenvalue weighted by molar-refractivity contribution is 0.262. The number of amides is 2. The number of aromatic nitrogens is 1. The Morgan fingerprint density at radius 3 is 2.73 bits per heavy atom. The third-order valence-corrected chi connectivity index (χ3v) is 2.86. The first-order chi connectivity index (χ1) is 10.5. The molecule has 8 heteroatoms. The van der Waals surface area contributed by atoms with E-state index in [-0.39, 0.29) is 11.3 Å². The first-order valence-corrected chi connectivity index (χ1v) is 6.17. The van der Waals surface area contributed by atoms with Crippen LogP contribution in [0.15, 0.2) is 45.6 Å². The summed E-state index contributed by atoms with van der Waals surface area (Å²) in [6, 6.07) is 6.44. The Morgan fingerprint density at radius 1 is 1.09 bits per heavy atom. The molecule has 0 saturated carbocycles. The molecular formula is C14H9F2N3O3. The predicted molar refractivity (Wildman–Crippen MR) is 75.8 cm³/mol. The highest BCUT2D eigenvalue weighted by molar-refractivity contribution is 6.00. The zero-order valence-electron chi connectivity index (χ0n) is 10.9. The molecule has 6 nitrogen and oxygen atoms in total. The second-order valence-electron chi connectivity index (χ2n) is 4.43. The van der Waals surface area contributed by atoms with Crippen LogP contribution in [0.3, 0.4) is 0 Å². The van der Waals surface area contributed by atoms with Gasteiger partial charge in [0, 0.05) is 17.8 Å². The number of rotatable bonds is 2. The molecule has 112 valence electrons. The van der Waals surface area contributed by atoms with Gasteiger partial charge >= 0.3 is 11.8 Å². The maximum absolute atomic E-state index is 13.4. The van der Waals surface area contributed by atoms with Gasteiger partial charge in [-0.2, -0.15) is 0 Å². The quantitative estimate of drug-likeness (QED) is 0.680. The standard InChI is InChI=1S/C14H9F2N3O3/c15-7-1-3-9(16)11(5-7)18-13(20)17-8-2-4-10-12(6-8)22-14(21)19-10/h1-6H,(H,19,21)(H2,17,18,20). The molecule has 0 bridgehead atoms. The zero-order chi connectivity index (χ0) is 15.7. The fourth-order valence-electron chi connectivity index (χ4n) is 1.90. The molecule has 1 heterocycles. The summed E-state index contributed by atoms with van der Waals surface area (Å²) in [5.41, 5.74) is 0.781. The lowest BCUT2D eigenvalue weighted by Gasteiger charge is -2.08. The van der Waals surface area contributed by atoms with Gasteiger partial charge in [0.05, 0.1) is 11.2 Å². The minimum absolute atomic E-state index is 0.264. The van der Waals surface area contributed by atoms with Crippen LogP contribution in [-0.2, 0) is 0 Å². The summed E-state index contributed by atoms with van der Waals surface area (Å²) >= 11 is 0. The van der Waals surface area contributed by atoms with Crippen LogP contribution >= 0.6 is 0 Å². The number of carbonyl (C=O) groups is 1. The van der Waals surface area contributed by atoms with Crippen LogP contribution in [0, 0.1) is 11.6 Å². The maximum atomic E-state index is 13.4. The topological polar surface area (TPSA) is 87.1 Å². The highest BCUT2D eigenvalue weighted by Gasteiger charge is 2.09. The summed E-state index contributed by atoms with van der Waals surface area (Å²) in [5.74, 6) is -2.05. The van der Waals surface area contributed by atoms with E-state index >= 15 is 0 Å². The van der Waals surface area contributed by atoms with E-state index < -0.39 is 23.4 Å². The van der Waals surface area contributed by atoms with Crippen molar-refractivity contribution in [2.45, 2.75) is 0 Å². The Labute approximate surface area is 121 Å². The Morgan fingerprint density at radius 2 is 1.91 bits per heavy atom. The number of aromatic amines is 1. The smallest absolute Gasteiger partial charge is 0.408 e. The van der Waals surface area contributed by atoms with E-state index in [1.54, 1.807) is 6.07 Å². The van der Waals surface area contributed by atoms with E-state index in [0.29, 0.717) is 11.2 Å². The predicted octanol–water partition coefficient (Wildman–Crippen LogP) is 3.04. The molecule has 0 aliphatic rings. The number of urea groups is 1. The number of halogens is 2.